The fraction of sp³-hybridized carbons (Fsp3) is 0.417. The van der Waals surface area contributed by atoms with Gasteiger partial charge in [-0.1, -0.05) is 65.1 Å². The highest BCUT2D eigenvalue weighted by Crippen LogP contribution is 2.38. The molecule has 2 nitrogen and oxygen atoms in total. The molecule has 1 unspecified atom stereocenters. The molecule has 0 heterocycles. The summed E-state index contributed by atoms with van der Waals surface area (Å²) in [5.74, 6) is -0.612. The zero-order chi connectivity index (χ0) is 13.8. The van der Waals surface area contributed by atoms with E-state index in [-0.39, 0.29) is 13.0 Å². The topological polar surface area (TPSA) is 26.3 Å². The van der Waals surface area contributed by atoms with E-state index in [1.165, 1.54) is 6.92 Å². The summed E-state index contributed by atoms with van der Waals surface area (Å²) in [5.41, 5.74) is 0.868. The van der Waals surface area contributed by atoms with E-state index in [9.17, 15) is 4.79 Å². The summed E-state index contributed by atoms with van der Waals surface area (Å²) >= 11 is 22.9. The Kier molecular flexibility index (Phi) is 5.60. The second-order valence-electron chi connectivity index (χ2n) is 4.05. The van der Waals surface area contributed by atoms with Crippen molar-refractivity contribution in [1.82, 2.24) is 0 Å². The summed E-state index contributed by atoms with van der Waals surface area (Å²) < 4.78 is 3.50. The van der Waals surface area contributed by atoms with E-state index in [0.29, 0.717) is 0 Å². The number of hydrogen-bond acceptors (Lipinski definition) is 2. The first kappa shape index (κ1) is 15.9. The van der Waals surface area contributed by atoms with Gasteiger partial charge in [0.15, 0.2) is 3.79 Å². The molecule has 1 aromatic carbocycles. The van der Waals surface area contributed by atoms with Crippen LogP contribution in [0.25, 0.3) is 0 Å². The monoisotopic (exact) mass is 328 g/mol. The van der Waals surface area contributed by atoms with Gasteiger partial charge in [-0.15, -0.1) is 11.6 Å². The molecule has 0 aliphatic carbocycles. The average Bonchev–Trinajstić information content (AvgIpc) is 2.24. The maximum atomic E-state index is 11.8. The highest BCUT2D eigenvalue weighted by molar-refractivity contribution is 6.67. The van der Waals surface area contributed by atoms with Crippen molar-refractivity contribution in [2.24, 2.45) is 0 Å². The lowest BCUT2D eigenvalue weighted by Gasteiger charge is -2.23. The molecule has 6 heteroatoms. The van der Waals surface area contributed by atoms with Crippen molar-refractivity contribution < 1.29 is 9.53 Å². The predicted octanol–water partition coefficient (Wildman–Crippen LogP) is 4.49. The molecule has 0 radical (unpaired) electrons. The van der Waals surface area contributed by atoms with E-state index >= 15 is 0 Å². The molecule has 18 heavy (non-hydrogen) atoms. The van der Waals surface area contributed by atoms with E-state index in [0.717, 1.165) is 5.56 Å². The number of hydrogen-bond donors (Lipinski definition) is 0. The number of alkyl halides is 4. The van der Waals surface area contributed by atoms with Crippen LogP contribution >= 0.6 is 46.4 Å². The Morgan fingerprint density at radius 3 is 2.22 bits per heavy atom. The third kappa shape index (κ3) is 5.66. The van der Waals surface area contributed by atoms with Crippen molar-refractivity contribution in [3.63, 3.8) is 0 Å². The highest BCUT2D eigenvalue weighted by Gasteiger charge is 2.40. The molecule has 0 amide bonds. The van der Waals surface area contributed by atoms with Gasteiger partial charge >= 0.3 is 5.97 Å². The Morgan fingerprint density at radius 2 is 1.72 bits per heavy atom. The molecule has 0 aromatic heterocycles. The molecule has 0 aliphatic heterocycles. The van der Waals surface area contributed by atoms with E-state index in [1.807, 2.05) is 30.3 Å². The van der Waals surface area contributed by atoms with Crippen molar-refractivity contribution >= 4 is 52.4 Å². The fourth-order valence-electron chi connectivity index (χ4n) is 1.32. The number of esters is 1. The maximum Gasteiger partial charge on any atom is 0.327 e. The van der Waals surface area contributed by atoms with Crippen LogP contribution in [-0.2, 0) is 16.1 Å². The molecule has 1 atom stereocenters. The van der Waals surface area contributed by atoms with Gasteiger partial charge in [0.05, 0.1) is 0 Å². The van der Waals surface area contributed by atoms with Crippen molar-refractivity contribution in [2.75, 3.05) is 0 Å². The van der Waals surface area contributed by atoms with Crippen LogP contribution in [0.15, 0.2) is 30.3 Å². The number of rotatable bonds is 4. The average molecular weight is 330 g/mol. The SMILES string of the molecule is CC(Cl)(CC(Cl)(Cl)Cl)C(=O)OCc1ccccc1. The largest absolute Gasteiger partial charge is 0.460 e. The quantitative estimate of drug-likeness (QED) is 0.601. The van der Waals surface area contributed by atoms with Crippen LogP contribution in [0.2, 0.25) is 0 Å². The third-order valence-electron chi connectivity index (χ3n) is 2.17. The zero-order valence-corrected chi connectivity index (χ0v) is 12.7. The summed E-state index contributed by atoms with van der Waals surface area (Å²) in [6.45, 7) is 1.60. The van der Waals surface area contributed by atoms with Crippen LogP contribution < -0.4 is 0 Å². The van der Waals surface area contributed by atoms with Crippen molar-refractivity contribution in [2.45, 2.75) is 28.6 Å². The second kappa shape index (κ2) is 6.33. The molecule has 1 rings (SSSR count). The van der Waals surface area contributed by atoms with E-state index in [1.54, 1.807) is 0 Å². The van der Waals surface area contributed by atoms with Crippen LogP contribution in [0.3, 0.4) is 0 Å². The molecular formula is C12H12Cl4O2. The van der Waals surface area contributed by atoms with Crippen molar-refractivity contribution in [3.8, 4) is 0 Å². The Labute approximate surface area is 126 Å². The van der Waals surface area contributed by atoms with Crippen molar-refractivity contribution in [3.05, 3.63) is 35.9 Å². The van der Waals surface area contributed by atoms with Gasteiger partial charge in [0, 0.05) is 6.42 Å². The second-order valence-corrected chi connectivity index (χ2v) is 7.40. The number of benzene rings is 1. The first-order valence-corrected chi connectivity index (χ1v) is 6.69. The van der Waals surface area contributed by atoms with Crippen LogP contribution in [-0.4, -0.2) is 14.6 Å². The minimum atomic E-state index is -1.59. The lowest BCUT2D eigenvalue weighted by molar-refractivity contribution is -0.148. The minimum absolute atomic E-state index is 0.125. The number of ether oxygens (including phenoxy) is 1. The first-order valence-electron chi connectivity index (χ1n) is 5.17. The molecule has 0 saturated heterocycles. The molecule has 0 spiro atoms. The number of carbonyl (C=O) groups is 1. The molecular weight excluding hydrogens is 318 g/mol. The van der Waals surface area contributed by atoms with Gasteiger partial charge in [-0.05, 0) is 12.5 Å². The highest BCUT2D eigenvalue weighted by atomic mass is 35.6. The third-order valence-corrected chi connectivity index (χ3v) is 2.86. The number of carbonyl (C=O) groups excluding carboxylic acids is 1. The van der Waals surface area contributed by atoms with Crippen LogP contribution in [0.1, 0.15) is 18.9 Å². The van der Waals surface area contributed by atoms with Crippen LogP contribution in [0.5, 0.6) is 0 Å². The van der Waals surface area contributed by atoms with Gasteiger partial charge in [0.25, 0.3) is 0 Å². The minimum Gasteiger partial charge on any atom is -0.460 e. The standard InChI is InChI=1S/C12H12Cl4O2/c1-11(13,8-12(14,15)16)10(17)18-7-9-5-3-2-4-6-9/h2-6H,7-8H2,1H3. The van der Waals surface area contributed by atoms with Crippen molar-refractivity contribution in [1.29, 1.82) is 0 Å². The molecule has 0 bridgehead atoms. The lowest BCUT2D eigenvalue weighted by atomic mass is 10.1. The van der Waals surface area contributed by atoms with E-state index in [2.05, 4.69) is 0 Å². The van der Waals surface area contributed by atoms with Crippen LogP contribution in [0, 0.1) is 0 Å². The molecule has 100 valence electrons. The summed E-state index contributed by atoms with van der Waals surface area (Å²) in [5, 5.41) is 0. The summed E-state index contributed by atoms with van der Waals surface area (Å²) in [4.78, 5) is 10.4. The van der Waals surface area contributed by atoms with Gasteiger partial charge in [-0.2, -0.15) is 0 Å². The molecule has 1 aromatic rings. The Hall–Kier alpha value is -0.150. The molecule has 0 fully saturated rings. The lowest BCUT2D eigenvalue weighted by Crippen LogP contribution is -2.35. The predicted molar refractivity (Wildman–Crippen MR) is 75.4 cm³/mol. The Morgan fingerprint density at radius 1 is 1.17 bits per heavy atom. The molecule has 0 N–H and O–H groups in total. The normalized spacial score (nSPS) is 14.9. The summed E-state index contributed by atoms with van der Waals surface area (Å²) in [6.07, 6.45) is -0.125. The smallest absolute Gasteiger partial charge is 0.327 e. The zero-order valence-electron chi connectivity index (χ0n) is 9.63. The van der Waals surface area contributed by atoms with Gasteiger partial charge in [-0.3, -0.25) is 4.79 Å². The van der Waals surface area contributed by atoms with Gasteiger partial charge in [0.2, 0.25) is 0 Å². The summed E-state index contributed by atoms with van der Waals surface area (Å²) in [7, 11) is 0. The summed E-state index contributed by atoms with van der Waals surface area (Å²) in [6, 6.07) is 9.26. The maximum absolute atomic E-state index is 11.8. The number of halogens is 4. The van der Waals surface area contributed by atoms with Gasteiger partial charge < -0.3 is 4.74 Å². The Balaban J connectivity index is 2.55. The fourth-order valence-corrected chi connectivity index (χ4v) is 2.58. The molecule has 0 aliphatic rings. The van der Waals surface area contributed by atoms with Gasteiger partial charge in [-0.25, -0.2) is 0 Å². The van der Waals surface area contributed by atoms with E-state index in [4.69, 9.17) is 51.1 Å². The first-order chi connectivity index (χ1) is 8.21. The van der Waals surface area contributed by atoms with Gasteiger partial charge in [0.1, 0.15) is 11.5 Å². The van der Waals surface area contributed by atoms with Crippen LogP contribution in [0.4, 0.5) is 0 Å². The van der Waals surface area contributed by atoms with E-state index < -0.39 is 14.6 Å². The molecule has 0 saturated carbocycles. The Bertz CT molecular complexity index is 398.